The van der Waals surface area contributed by atoms with Gasteiger partial charge in [-0.05, 0) is 36.4 Å². The third-order valence-electron chi connectivity index (χ3n) is 4.86. The van der Waals surface area contributed by atoms with Crippen molar-refractivity contribution >= 4 is 52.3 Å². The normalized spacial score (nSPS) is 11.8. The zero-order valence-corrected chi connectivity index (χ0v) is 21.4. The molecule has 2 aromatic heterocycles. The highest BCUT2D eigenvalue weighted by atomic mass is 35.5. The van der Waals surface area contributed by atoms with Gasteiger partial charge < -0.3 is 18.6 Å². The van der Waals surface area contributed by atoms with Crippen molar-refractivity contribution in [3.8, 4) is 28.5 Å². The summed E-state index contributed by atoms with van der Waals surface area (Å²) in [5, 5.41) is 18.1. The van der Waals surface area contributed by atoms with Crippen LogP contribution in [0, 0.1) is 10.1 Å². The Morgan fingerprint density at radius 3 is 2.36 bits per heavy atom. The molecule has 0 atom stereocenters. The van der Waals surface area contributed by atoms with Crippen molar-refractivity contribution in [2.75, 3.05) is 21.3 Å². The number of halogens is 2. The van der Waals surface area contributed by atoms with E-state index in [1.807, 2.05) is 5.38 Å². The van der Waals surface area contributed by atoms with Crippen LogP contribution in [0.5, 0.6) is 17.2 Å². The molecule has 2 heterocycles. The Morgan fingerprint density at radius 1 is 1.06 bits per heavy atom. The number of nitro groups is 1. The van der Waals surface area contributed by atoms with Gasteiger partial charge in [0.05, 0.1) is 50.0 Å². The molecular weight excluding hydrogens is 531 g/mol. The van der Waals surface area contributed by atoms with Crippen LogP contribution in [-0.4, -0.2) is 37.1 Å². The minimum Gasteiger partial charge on any atom is -0.493 e. The Labute approximate surface area is 218 Å². The fraction of sp³-hybridized carbons (Fsp3) is 0.130. The first-order valence-corrected chi connectivity index (χ1v) is 11.8. The lowest BCUT2D eigenvalue weighted by molar-refractivity contribution is -0.402. The number of hydrogen-bond acceptors (Lipinski definition) is 9. The van der Waals surface area contributed by atoms with Crippen molar-refractivity contribution in [2.24, 2.45) is 10.1 Å². The second-order valence-electron chi connectivity index (χ2n) is 7.01. The molecule has 0 amide bonds. The number of thiazole rings is 1. The molecule has 0 radical (unpaired) electrons. The molecule has 186 valence electrons. The van der Waals surface area contributed by atoms with Crippen LogP contribution in [-0.2, 0) is 0 Å². The first kappa shape index (κ1) is 25.3. The van der Waals surface area contributed by atoms with E-state index >= 15 is 0 Å². The highest BCUT2D eigenvalue weighted by Gasteiger charge is 2.17. The standard InChI is InChI=1S/C23H18Cl2N4O6S/c1-32-19-8-13(9-20(33-2)22(19)34-3)18-12-36-23(27-17-6-4-14(24)10-16(17)25)28(18)26-11-15-5-7-21(35-15)29(30)31/h4-12H,1-3H3. The summed E-state index contributed by atoms with van der Waals surface area (Å²) in [5.74, 6) is 1.14. The van der Waals surface area contributed by atoms with E-state index in [9.17, 15) is 10.1 Å². The molecule has 0 spiro atoms. The highest BCUT2D eigenvalue weighted by Crippen LogP contribution is 2.41. The number of rotatable bonds is 8. The van der Waals surface area contributed by atoms with Gasteiger partial charge in [0.25, 0.3) is 0 Å². The highest BCUT2D eigenvalue weighted by molar-refractivity contribution is 7.07. The third-order valence-corrected chi connectivity index (χ3v) is 6.22. The topological polar surface area (TPSA) is 114 Å². The van der Waals surface area contributed by atoms with Gasteiger partial charge in [-0.1, -0.05) is 23.2 Å². The van der Waals surface area contributed by atoms with E-state index in [-0.39, 0.29) is 5.76 Å². The molecule has 0 saturated carbocycles. The van der Waals surface area contributed by atoms with Crippen LogP contribution in [0.1, 0.15) is 5.76 Å². The molecule has 0 N–H and O–H groups in total. The summed E-state index contributed by atoms with van der Waals surface area (Å²) in [7, 11) is 4.56. The van der Waals surface area contributed by atoms with Gasteiger partial charge >= 0.3 is 5.88 Å². The van der Waals surface area contributed by atoms with Gasteiger partial charge in [0.2, 0.25) is 10.6 Å². The summed E-state index contributed by atoms with van der Waals surface area (Å²) < 4.78 is 23.1. The van der Waals surface area contributed by atoms with E-state index < -0.39 is 10.8 Å². The average Bonchev–Trinajstić information content (AvgIpc) is 3.50. The maximum absolute atomic E-state index is 11.0. The van der Waals surface area contributed by atoms with Crippen LogP contribution < -0.4 is 19.0 Å². The predicted molar refractivity (Wildman–Crippen MR) is 137 cm³/mol. The van der Waals surface area contributed by atoms with Crippen LogP contribution in [0.25, 0.3) is 11.3 Å². The smallest absolute Gasteiger partial charge is 0.433 e. The SMILES string of the molecule is COc1cc(-c2csc(=Nc3ccc(Cl)cc3Cl)n2N=Cc2ccc([N+](=O)[O-])o2)cc(OC)c1OC. The van der Waals surface area contributed by atoms with Crippen molar-refractivity contribution in [1.29, 1.82) is 0 Å². The van der Waals surface area contributed by atoms with Gasteiger partial charge in [-0.2, -0.15) is 5.10 Å². The number of nitrogens with zero attached hydrogens (tertiary/aromatic N) is 4. The zero-order valence-electron chi connectivity index (χ0n) is 19.1. The minimum absolute atomic E-state index is 0.187. The molecule has 0 saturated heterocycles. The second kappa shape index (κ2) is 10.9. The fourth-order valence-corrected chi connectivity index (χ4v) is 4.52. The number of benzene rings is 2. The maximum atomic E-state index is 11.0. The Kier molecular flexibility index (Phi) is 7.63. The number of ether oxygens (including phenoxy) is 3. The molecule has 4 aromatic rings. The monoisotopic (exact) mass is 548 g/mol. The maximum Gasteiger partial charge on any atom is 0.433 e. The fourth-order valence-electron chi connectivity index (χ4n) is 3.22. The van der Waals surface area contributed by atoms with Crippen molar-refractivity contribution < 1.29 is 23.6 Å². The minimum atomic E-state index is -0.625. The van der Waals surface area contributed by atoms with Crippen LogP contribution in [0.15, 0.2) is 62.4 Å². The van der Waals surface area contributed by atoms with E-state index in [0.717, 1.165) is 0 Å². The van der Waals surface area contributed by atoms with Crippen LogP contribution in [0.2, 0.25) is 10.0 Å². The lowest BCUT2D eigenvalue weighted by atomic mass is 10.1. The zero-order chi connectivity index (χ0) is 25.8. The number of methoxy groups -OCH3 is 3. The Bertz CT molecular complexity index is 1500. The first-order chi connectivity index (χ1) is 17.3. The Hall–Kier alpha value is -3.80. The summed E-state index contributed by atoms with van der Waals surface area (Å²) in [6.07, 6.45) is 1.35. The molecule has 4 rings (SSSR count). The quantitative estimate of drug-likeness (QED) is 0.148. The van der Waals surface area contributed by atoms with Crippen molar-refractivity contribution in [3.05, 3.63) is 78.6 Å². The lowest BCUT2D eigenvalue weighted by Gasteiger charge is -2.14. The molecule has 36 heavy (non-hydrogen) atoms. The van der Waals surface area contributed by atoms with Gasteiger partial charge in [-0.15, -0.1) is 11.3 Å². The first-order valence-electron chi connectivity index (χ1n) is 10.1. The summed E-state index contributed by atoms with van der Waals surface area (Å²) in [4.78, 5) is 15.4. The number of aromatic nitrogens is 1. The Morgan fingerprint density at radius 2 is 1.78 bits per heavy atom. The van der Waals surface area contributed by atoms with Gasteiger partial charge in [0.1, 0.15) is 4.92 Å². The number of hydrogen-bond donors (Lipinski definition) is 0. The molecule has 2 aromatic carbocycles. The third kappa shape index (κ3) is 5.23. The predicted octanol–water partition coefficient (Wildman–Crippen LogP) is 6.17. The largest absolute Gasteiger partial charge is 0.493 e. The van der Waals surface area contributed by atoms with Crippen molar-refractivity contribution in [1.82, 2.24) is 4.68 Å². The summed E-state index contributed by atoms with van der Waals surface area (Å²) in [6, 6.07) is 11.2. The van der Waals surface area contributed by atoms with E-state index in [2.05, 4.69) is 10.1 Å². The van der Waals surface area contributed by atoms with Gasteiger partial charge in [-0.3, -0.25) is 10.1 Å². The van der Waals surface area contributed by atoms with E-state index in [0.29, 0.717) is 49.0 Å². The summed E-state index contributed by atoms with van der Waals surface area (Å²) >= 11 is 13.6. The van der Waals surface area contributed by atoms with Crippen LogP contribution >= 0.6 is 34.5 Å². The Balaban J connectivity index is 1.90. The molecule has 0 aliphatic rings. The second-order valence-corrected chi connectivity index (χ2v) is 8.69. The molecule has 0 bridgehead atoms. The van der Waals surface area contributed by atoms with Crippen molar-refractivity contribution in [2.45, 2.75) is 0 Å². The molecule has 10 nitrogen and oxygen atoms in total. The molecular formula is C23H18Cl2N4O6S. The molecule has 0 unspecified atom stereocenters. The average molecular weight is 549 g/mol. The number of furan rings is 1. The molecule has 0 fully saturated rings. The summed E-state index contributed by atoms with van der Waals surface area (Å²) in [6.45, 7) is 0. The molecule has 0 aliphatic carbocycles. The van der Waals surface area contributed by atoms with Crippen LogP contribution in [0.4, 0.5) is 11.6 Å². The summed E-state index contributed by atoms with van der Waals surface area (Å²) in [5.41, 5.74) is 1.80. The van der Waals surface area contributed by atoms with Crippen LogP contribution in [0.3, 0.4) is 0 Å². The van der Waals surface area contributed by atoms with Gasteiger partial charge in [-0.25, -0.2) is 9.67 Å². The lowest BCUT2D eigenvalue weighted by Crippen LogP contribution is -2.11. The van der Waals surface area contributed by atoms with Gasteiger partial charge in [0.15, 0.2) is 17.3 Å². The molecule has 0 aliphatic heterocycles. The van der Waals surface area contributed by atoms with E-state index in [4.69, 9.17) is 41.8 Å². The van der Waals surface area contributed by atoms with E-state index in [1.54, 1.807) is 35.0 Å². The van der Waals surface area contributed by atoms with Crippen molar-refractivity contribution in [3.63, 3.8) is 0 Å². The van der Waals surface area contributed by atoms with Gasteiger partial charge in [0, 0.05) is 16.0 Å². The van der Waals surface area contributed by atoms with E-state index in [1.165, 1.54) is 51.0 Å². The molecule has 13 heteroatoms.